The Morgan fingerprint density at radius 1 is 1.43 bits per heavy atom. The second-order valence-corrected chi connectivity index (χ2v) is 7.09. The van der Waals surface area contributed by atoms with E-state index in [1.54, 1.807) is 20.1 Å². The number of nitrogens with two attached hydrogens (primary N) is 1. The summed E-state index contributed by atoms with van der Waals surface area (Å²) in [7, 11) is -2.16. The number of rotatable bonds is 7. The van der Waals surface area contributed by atoms with E-state index in [2.05, 4.69) is 5.32 Å². The van der Waals surface area contributed by atoms with Crippen molar-refractivity contribution in [3.8, 4) is 0 Å². The summed E-state index contributed by atoms with van der Waals surface area (Å²) in [4.78, 5) is 12.1. The highest BCUT2D eigenvalue weighted by Crippen LogP contribution is 2.22. The van der Waals surface area contributed by atoms with Crippen molar-refractivity contribution in [3.63, 3.8) is 0 Å². The van der Waals surface area contributed by atoms with Crippen molar-refractivity contribution >= 4 is 21.4 Å². The Morgan fingerprint density at radius 2 is 2.10 bits per heavy atom. The fourth-order valence-corrected chi connectivity index (χ4v) is 3.41. The van der Waals surface area contributed by atoms with Crippen molar-refractivity contribution in [1.82, 2.24) is 5.32 Å². The Kier molecular flexibility index (Phi) is 6.17. The molecule has 1 atom stereocenters. The Labute approximate surface area is 125 Å². The van der Waals surface area contributed by atoms with Gasteiger partial charge in [-0.3, -0.25) is 4.79 Å². The van der Waals surface area contributed by atoms with E-state index in [0.29, 0.717) is 30.8 Å². The molecule has 3 N–H and O–H groups in total. The first kappa shape index (κ1) is 17.5. The number of nitrogen functional groups attached to an aromatic ring is 1. The zero-order valence-corrected chi connectivity index (χ0v) is 13.4. The second-order valence-electron chi connectivity index (χ2n) is 4.85. The number of amides is 1. The summed E-state index contributed by atoms with van der Waals surface area (Å²) in [5.74, 6) is -0.512. The van der Waals surface area contributed by atoms with Crippen LogP contribution in [0, 0.1) is 6.92 Å². The lowest BCUT2D eigenvalue weighted by Gasteiger charge is -2.15. The molecular weight excluding hydrogens is 292 g/mol. The number of carbonyl (C=O) groups excluding carboxylic acids is 1. The second kappa shape index (κ2) is 7.42. The van der Waals surface area contributed by atoms with Gasteiger partial charge in [-0.2, -0.15) is 0 Å². The van der Waals surface area contributed by atoms with Crippen LogP contribution in [0.5, 0.6) is 0 Å². The van der Waals surface area contributed by atoms with Gasteiger partial charge in [0.2, 0.25) is 5.91 Å². The fraction of sp³-hybridized carbons (Fsp3) is 0.500. The zero-order valence-electron chi connectivity index (χ0n) is 12.5. The Hall–Kier alpha value is -1.60. The molecule has 0 bridgehead atoms. The van der Waals surface area contributed by atoms with Crippen molar-refractivity contribution < 1.29 is 17.9 Å². The van der Waals surface area contributed by atoms with Crippen LogP contribution in [0.3, 0.4) is 0 Å². The summed E-state index contributed by atoms with van der Waals surface area (Å²) >= 11 is 0. The van der Waals surface area contributed by atoms with Gasteiger partial charge in [0, 0.05) is 25.9 Å². The molecule has 1 aromatic rings. The van der Waals surface area contributed by atoms with E-state index in [1.165, 1.54) is 19.1 Å². The van der Waals surface area contributed by atoms with Crippen LogP contribution in [0.1, 0.15) is 18.9 Å². The average molecular weight is 314 g/mol. The molecule has 0 saturated carbocycles. The van der Waals surface area contributed by atoms with Gasteiger partial charge >= 0.3 is 0 Å². The molecule has 0 spiro atoms. The number of benzene rings is 1. The first-order chi connectivity index (χ1) is 9.80. The number of aryl methyl sites for hydroxylation is 1. The maximum atomic E-state index is 12.5. The van der Waals surface area contributed by atoms with Gasteiger partial charge in [0.25, 0.3) is 0 Å². The van der Waals surface area contributed by atoms with Gasteiger partial charge in [0.05, 0.1) is 4.90 Å². The number of nitrogens with one attached hydrogen (secondary N) is 1. The summed E-state index contributed by atoms with van der Waals surface area (Å²) in [6.45, 7) is 3.94. The van der Waals surface area contributed by atoms with Crippen LogP contribution in [-0.4, -0.2) is 39.8 Å². The fourth-order valence-electron chi connectivity index (χ4n) is 1.90. The molecule has 6 nitrogen and oxygen atoms in total. The van der Waals surface area contributed by atoms with Crippen molar-refractivity contribution in [3.05, 3.63) is 23.8 Å². The molecule has 1 rings (SSSR count). The molecule has 118 valence electrons. The van der Waals surface area contributed by atoms with Gasteiger partial charge < -0.3 is 15.8 Å². The maximum absolute atomic E-state index is 12.5. The Morgan fingerprint density at radius 3 is 2.67 bits per heavy atom. The number of hydrogen-bond acceptors (Lipinski definition) is 5. The minimum Gasteiger partial charge on any atom is -0.399 e. The monoisotopic (exact) mass is 314 g/mol. The zero-order chi connectivity index (χ0) is 16.0. The molecule has 0 fully saturated rings. The van der Waals surface area contributed by atoms with Gasteiger partial charge in [-0.25, -0.2) is 8.42 Å². The number of anilines is 1. The molecule has 0 aromatic heterocycles. The topological polar surface area (TPSA) is 98.5 Å². The molecule has 0 heterocycles. The van der Waals surface area contributed by atoms with Gasteiger partial charge in [-0.05, 0) is 44.0 Å². The Bertz CT molecular complexity index is 599. The highest BCUT2D eigenvalue weighted by atomic mass is 32.2. The Balaban J connectivity index is 2.84. The van der Waals surface area contributed by atoms with E-state index in [0.717, 1.165) is 0 Å². The summed E-state index contributed by atoms with van der Waals surface area (Å²) in [5, 5.41) is 1.45. The lowest BCUT2D eigenvalue weighted by Crippen LogP contribution is -2.38. The predicted molar refractivity (Wildman–Crippen MR) is 81.7 cm³/mol. The largest absolute Gasteiger partial charge is 0.399 e. The van der Waals surface area contributed by atoms with Gasteiger partial charge in [0.15, 0.2) is 9.84 Å². The van der Waals surface area contributed by atoms with Crippen molar-refractivity contribution in [2.24, 2.45) is 0 Å². The third-order valence-electron chi connectivity index (χ3n) is 3.16. The van der Waals surface area contributed by atoms with Gasteiger partial charge in [0.1, 0.15) is 5.25 Å². The van der Waals surface area contributed by atoms with Crippen molar-refractivity contribution in [2.75, 3.05) is 26.0 Å². The van der Waals surface area contributed by atoms with E-state index in [1.807, 2.05) is 0 Å². The molecule has 1 unspecified atom stereocenters. The summed E-state index contributed by atoms with van der Waals surface area (Å²) < 4.78 is 29.8. The predicted octanol–water partition coefficient (Wildman–Crippen LogP) is 0.892. The van der Waals surface area contributed by atoms with Crippen LogP contribution in [0.2, 0.25) is 0 Å². The number of ether oxygens (including phenoxy) is 1. The highest BCUT2D eigenvalue weighted by molar-refractivity contribution is 7.92. The minimum absolute atomic E-state index is 0.135. The molecule has 0 aliphatic carbocycles. The maximum Gasteiger partial charge on any atom is 0.238 e. The minimum atomic E-state index is -3.73. The molecule has 0 saturated heterocycles. The molecule has 0 aliphatic rings. The molecule has 0 aliphatic heterocycles. The number of sulfone groups is 1. The highest BCUT2D eigenvalue weighted by Gasteiger charge is 2.30. The van der Waals surface area contributed by atoms with Crippen LogP contribution in [0.4, 0.5) is 5.69 Å². The molecule has 7 heteroatoms. The van der Waals surface area contributed by atoms with E-state index in [9.17, 15) is 13.2 Å². The first-order valence-electron chi connectivity index (χ1n) is 6.67. The van der Waals surface area contributed by atoms with Gasteiger partial charge in [-0.15, -0.1) is 0 Å². The van der Waals surface area contributed by atoms with Crippen LogP contribution >= 0.6 is 0 Å². The quantitative estimate of drug-likeness (QED) is 0.575. The van der Waals surface area contributed by atoms with E-state index in [4.69, 9.17) is 10.5 Å². The van der Waals surface area contributed by atoms with E-state index >= 15 is 0 Å². The number of methoxy groups -OCH3 is 1. The van der Waals surface area contributed by atoms with Crippen LogP contribution in [0.15, 0.2) is 23.1 Å². The molecule has 1 amide bonds. The normalized spacial score (nSPS) is 12.9. The molecule has 21 heavy (non-hydrogen) atoms. The molecule has 0 radical (unpaired) electrons. The lowest BCUT2D eigenvalue weighted by molar-refractivity contribution is -0.120. The lowest BCUT2D eigenvalue weighted by atomic mass is 10.2. The van der Waals surface area contributed by atoms with Crippen molar-refractivity contribution in [1.29, 1.82) is 0 Å². The number of carbonyl (C=O) groups is 1. The SMILES string of the molecule is COCCCNC(=O)C(C)S(=O)(=O)c1ccc(N)cc1C. The van der Waals surface area contributed by atoms with E-state index < -0.39 is 21.0 Å². The third kappa shape index (κ3) is 4.44. The van der Waals surface area contributed by atoms with E-state index in [-0.39, 0.29) is 4.90 Å². The first-order valence-corrected chi connectivity index (χ1v) is 8.22. The summed E-state index contributed by atoms with van der Waals surface area (Å²) in [6, 6.07) is 4.54. The van der Waals surface area contributed by atoms with Gasteiger partial charge in [-0.1, -0.05) is 0 Å². The summed E-state index contributed by atoms with van der Waals surface area (Å²) in [6.07, 6.45) is 0.635. The standard InChI is InChI=1S/C14H22N2O4S/c1-10-9-12(15)5-6-13(10)21(18,19)11(2)14(17)16-7-4-8-20-3/h5-6,9,11H,4,7-8,15H2,1-3H3,(H,16,17). The van der Waals surface area contributed by atoms with Crippen molar-refractivity contribution in [2.45, 2.75) is 30.4 Å². The summed E-state index contributed by atoms with van der Waals surface area (Å²) in [5.41, 5.74) is 6.64. The third-order valence-corrected chi connectivity index (χ3v) is 5.38. The number of hydrogen-bond donors (Lipinski definition) is 2. The average Bonchev–Trinajstić information content (AvgIpc) is 2.42. The van der Waals surface area contributed by atoms with Crippen LogP contribution in [0.25, 0.3) is 0 Å². The van der Waals surface area contributed by atoms with Crippen LogP contribution in [-0.2, 0) is 19.4 Å². The van der Waals surface area contributed by atoms with Crippen LogP contribution < -0.4 is 11.1 Å². The molecule has 1 aromatic carbocycles. The smallest absolute Gasteiger partial charge is 0.238 e. The molecular formula is C14H22N2O4S.